The van der Waals surface area contributed by atoms with Gasteiger partial charge in [-0.1, -0.05) is 36.2 Å². The van der Waals surface area contributed by atoms with Gasteiger partial charge in [0.2, 0.25) is 0 Å². The summed E-state index contributed by atoms with van der Waals surface area (Å²) in [6.07, 6.45) is 6.33. The molecule has 0 radical (unpaired) electrons. The first-order chi connectivity index (χ1) is 8.24. The Morgan fingerprint density at radius 2 is 2.06 bits per heavy atom. The molecule has 2 heteroatoms. The summed E-state index contributed by atoms with van der Waals surface area (Å²) in [4.78, 5) is 11.8. The van der Waals surface area contributed by atoms with Crippen molar-refractivity contribution in [2.75, 3.05) is 0 Å². The molecular formula is C15H20O2. The molecule has 0 spiro atoms. The van der Waals surface area contributed by atoms with Crippen LogP contribution in [0.15, 0.2) is 24.3 Å². The summed E-state index contributed by atoms with van der Waals surface area (Å²) in [5, 5.41) is 0. The average Bonchev–Trinajstić information content (AvgIpc) is 2.30. The number of hydrogen-bond donors (Lipinski definition) is 0. The van der Waals surface area contributed by atoms with E-state index in [0.29, 0.717) is 6.42 Å². The van der Waals surface area contributed by atoms with Crippen LogP contribution < -0.4 is 0 Å². The van der Waals surface area contributed by atoms with Crippen LogP contribution in [0, 0.1) is 6.92 Å². The number of rotatable bonds is 3. The van der Waals surface area contributed by atoms with Gasteiger partial charge in [-0.3, -0.25) is 4.79 Å². The first-order valence-electron chi connectivity index (χ1n) is 6.49. The Kier molecular flexibility index (Phi) is 4.18. The zero-order valence-corrected chi connectivity index (χ0v) is 10.4. The Morgan fingerprint density at radius 1 is 1.29 bits per heavy atom. The fourth-order valence-electron chi connectivity index (χ4n) is 2.40. The maximum absolute atomic E-state index is 11.8. The summed E-state index contributed by atoms with van der Waals surface area (Å²) in [5.74, 6) is -0.0810. The van der Waals surface area contributed by atoms with Crippen LogP contribution in [0.3, 0.4) is 0 Å². The van der Waals surface area contributed by atoms with E-state index in [1.54, 1.807) is 0 Å². The van der Waals surface area contributed by atoms with E-state index >= 15 is 0 Å². The van der Waals surface area contributed by atoms with Crippen LogP contribution in [0.4, 0.5) is 0 Å². The first kappa shape index (κ1) is 12.2. The van der Waals surface area contributed by atoms with E-state index in [9.17, 15) is 4.79 Å². The molecule has 1 aliphatic rings. The number of esters is 1. The normalized spacial score (nSPS) is 16.8. The molecule has 17 heavy (non-hydrogen) atoms. The molecule has 0 N–H and O–H groups in total. The van der Waals surface area contributed by atoms with Crippen molar-refractivity contribution in [3.05, 3.63) is 35.4 Å². The minimum atomic E-state index is -0.0810. The highest BCUT2D eigenvalue weighted by Crippen LogP contribution is 2.20. The van der Waals surface area contributed by atoms with Crippen molar-refractivity contribution >= 4 is 5.97 Å². The van der Waals surface area contributed by atoms with Crippen LogP contribution in [-0.4, -0.2) is 12.1 Å². The zero-order valence-electron chi connectivity index (χ0n) is 10.4. The molecule has 0 heterocycles. The van der Waals surface area contributed by atoms with Crippen molar-refractivity contribution in [1.82, 2.24) is 0 Å². The van der Waals surface area contributed by atoms with Crippen molar-refractivity contribution in [2.24, 2.45) is 0 Å². The standard InChI is InChI=1S/C15H20O2/c1-12-6-5-7-13(10-12)11-15(16)17-14-8-3-2-4-9-14/h5-7,10,14H,2-4,8-9,11H2,1H3. The molecule has 1 aromatic carbocycles. The van der Waals surface area contributed by atoms with Gasteiger partial charge in [0.05, 0.1) is 6.42 Å². The Hall–Kier alpha value is -1.31. The maximum atomic E-state index is 11.8. The molecule has 0 unspecified atom stereocenters. The quantitative estimate of drug-likeness (QED) is 0.746. The number of ether oxygens (including phenoxy) is 1. The van der Waals surface area contributed by atoms with Gasteiger partial charge in [0.1, 0.15) is 6.10 Å². The molecular weight excluding hydrogens is 212 g/mol. The lowest BCUT2D eigenvalue weighted by atomic mass is 9.98. The second-order valence-corrected chi connectivity index (χ2v) is 4.92. The third-order valence-corrected chi connectivity index (χ3v) is 3.28. The molecule has 92 valence electrons. The van der Waals surface area contributed by atoms with Crippen LogP contribution in [0.1, 0.15) is 43.2 Å². The topological polar surface area (TPSA) is 26.3 Å². The zero-order chi connectivity index (χ0) is 12.1. The van der Waals surface area contributed by atoms with Gasteiger partial charge in [-0.2, -0.15) is 0 Å². The minimum absolute atomic E-state index is 0.0810. The van der Waals surface area contributed by atoms with E-state index in [2.05, 4.69) is 0 Å². The van der Waals surface area contributed by atoms with Gasteiger partial charge in [0, 0.05) is 0 Å². The van der Waals surface area contributed by atoms with E-state index in [-0.39, 0.29) is 12.1 Å². The maximum Gasteiger partial charge on any atom is 0.310 e. The lowest BCUT2D eigenvalue weighted by Gasteiger charge is -2.21. The van der Waals surface area contributed by atoms with E-state index in [1.165, 1.54) is 24.8 Å². The van der Waals surface area contributed by atoms with E-state index in [1.807, 2.05) is 31.2 Å². The largest absolute Gasteiger partial charge is 0.462 e. The van der Waals surface area contributed by atoms with Crippen molar-refractivity contribution in [3.8, 4) is 0 Å². The molecule has 1 fully saturated rings. The Morgan fingerprint density at radius 3 is 2.76 bits per heavy atom. The van der Waals surface area contributed by atoms with Gasteiger partial charge in [-0.25, -0.2) is 0 Å². The Bertz CT molecular complexity index is 378. The number of carbonyl (C=O) groups is 1. The molecule has 0 aliphatic heterocycles. The fourth-order valence-corrected chi connectivity index (χ4v) is 2.40. The highest BCUT2D eigenvalue weighted by Gasteiger charge is 2.17. The average molecular weight is 232 g/mol. The van der Waals surface area contributed by atoms with E-state index in [4.69, 9.17) is 4.74 Å². The van der Waals surface area contributed by atoms with Crippen LogP contribution in [0.5, 0.6) is 0 Å². The van der Waals surface area contributed by atoms with Gasteiger partial charge in [0.25, 0.3) is 0 Å². The van der Waals surface area contributed by atoms with Crippen molar-refractivity contribution in [2.45, 2.75) is 51.6 Å². The van der Waals surface area contributed by atoms with Gasteiger partial charge < -0.3 is 4.74 Å². The summed E-state index contributed by atoms with van der Waals surface area (Å²) in [6, 6.07) is 8.05. The molecule has 0 amide bonds. The number of benzene rings is 1. The third kappa shape index (κ3) is 3.88. The van der Waals surface area contributed by atoms with E-state index < -0.39 is 0 Å². The third-order valence-electron chi connectivity index (χ3n) is 3.28. The second-order valence-electron chi connectivity index (χ2n) is 4.92. The summed E-state index contributed by atoms with van der Waals surface area (Å²) >= 11 is 0. The number of aryl methyl sites for hydroxylation is 1. The predicted octanol–water partition coefficient (Wildman–Crippen LogP) is 3.41. The summed E-state index contributed by atoms with van der Waals surface area (Å²) in [5.41, 5.74) is 2.23. The van der Waals surface area contributed by atoms with Gasteiger partial charge in [-0.05, 0) is 38.2 Å². The SMILES string of the molecule is Cc1cccc(CC(=O)OC2CCCCC2)c1. The molecule has 1 aromatic rings. The van der Waals surface area contributed by atoms with Crippen LogP contribution in [0.25, 0.3) is 0 Å². The minimum Gasteiger partial charge on any atom is -0.462 e. The van der Waals surface area contributed by atoms with Gasteiger partial charge >= 0.3 is 5.97 Å². The summed E-state index contributed by atoms with van der Waals surface area (Å²) in [6.45, 7) is 2.04. The smallest absolute Gasteiger partial charge is 0.310 e. The highest BCUT2D eigenvalue weighted by atomic mass is 16.5. The van der Waals surface area contributed by atoms with Crippen LogP contribution >= 0.6 is 0 Å². The molecule has 1 aliphatic carbocycles. The molecule has 2 rings (SSSR count). The van der Waals surface area contributed by atoms with Crippen LogP contribution in [-0.2, 0) is 16.0 Å². The predicted molar refractivity (Wildman–Crippen MR) is 67.8 cm³/mol. The second kappa shape index (κ2) is 5.85. The van der Waals surface area contributed by atoms with Crippen molar-refractivity contribution in [3.63, 3.8) is 0 Å². The molecule has 2 nitrogen and oxygen atoms in total. The fraction of sp³-hybridized carbons (Fsp3) is 0.533. The molecule has 0 saturated heterocycles. The summed E-state index contributed by atoms with van der Waals surface area (Å²) < 4.78 is 5.50. The molecule has 0 aromatic heterocycles. The van der Waals surface area contributed by atoms with Crippen molar-refractivity contribution < 1.29 is 9.53 Å². The number of carbonyl (C=O) groups excluding carboxylic acids is 1. The molecule has 0 atom stereocenters. The van der Waals surface area contributed by atoms with Gasteiger partial charge in [-0.15, -0.1) is 0 Å². The van der Waals surface area contributed by atoms with E-state index in [0.717, 1.165) is 18.4 Å². The monoisotopic (exact) mass is 232 g/mol. The molecule has 0 bridgehead atoms. The van der Waals surface area contributed by atoms with Gasteiger partial charge in [0.15, 0.2) is 0 Å². The summed E-state index contributed by atoms with van der Waals surface area (Å²) in [7, 11) is 0. The molecule has 1 saturated carbocycles. The Labute approximate surface area is 103 Å². The Balaban J connectivity index is 1.84. The van der Waals surface area contributed by atoms with Crippen LogP contribution in [0.2, 0.25) is 0 Å². The highest BCUT2D eigenvalue weighted by molar-refractivity contribution is 5.72. The lowest BCUT2D eigenvalue weighted by molar-refractivity contribution is -0.149. The lowest BCUT2D eigenvalue weighted by Crippen LogP contribution is -2.21. The first-order valence-corrected chi connectivity index (χ1v) is 6.49. The number of hydrogen-bond acceptors (Lipinski definition) is 2. The van der Waals surface area contributed by atoms with Crippen molar-refractivity contribution in [1.29, 1.82) is 0 Å².